The lowest BCUT2D eigenvalue weighted by atomic mass is 10.1. The number of benzene rings is 2. The average Bonchev–Trinajstić information content (AvgIpc) is 2.77. The molecule has 0 spiro atoms. The van der Waals surface area contributed by atoms with E-state index in [1.54, 1.807) is 18.2 Å². The Morgan fingerprint density at radius 2 is 1.77 bits per heavy atom. The first kappa shape index (κ1) is 22.3. The van der Waals surface area contributed by atoms with Crippen LogP contribution in [0.5, 0.6) is 11.5 Å². The SMILES string of the molecule is COc1cc(/C=C/C(=O)c2ccc(S(=O)(=O)N3CCOCC3)cc2)cc(Cl)c1OC. The van der Waals surface area contributed by atoms with Gasteiger partial charge >= 0.3 is 0 Å². The van der Waals surface area contributed by atoms with E-state index in [0.717, 1.165) is 0 Å². The lowest BCUT2D eigenvalue weighted by Gasteiger charge is -2.26. The first-order chi connectivity index (χ1) is 14.4. The summed E-state index contributed by atoms with van der Waals surface area (Å²) in [6.07, 6.45) is 3.00. The summed E-state index contributed by atoms with van der Waals surface area (Å²) in [5, 5.41) is 0.363. The molecule has 1 heterocycles. The number of ether oxygens (including phenoxy) is 3. The highest BCUT2D eigenvalue weighted by Gasteiger charge is 2.26. The van der Waals surface area contributed by atoms with Crippen LogP contribution in [0.15, 0.2) is 47.4 Å². The summed E-state index contributed by atoms with van der Waals surface area (Å²) in [6.45, 7) is 1.39. The average molecular weight is 452 g/mol. The zero-order valence-electron chi connectivity index (χ0n) is 16.6. The van der Waals surface area contributed by atoms with Crippen LogP contribution in [0.25, 0.3) is 6.08 Å². The highest BCUT2D eigenvalue weighted by atomic mass is 35.5. The molecular weight excluding hydrogens is 430 g/mol. The number of ketones is 1. The zero-order valence-corrected chi connectivity index (χ0v) is 18.2. The van der Waals surface area contributed by atoms with Crippen molar-refractivity contribution < 1.29 is 27.4 Å². The highest BCUT2D eigenvalue weighted by molar-refractivity contribution is 7.89. The van der Waals surface area contributed by atoms with Crippen molar-refractivity contribution in [2.24, 2.45) is 0 Å². The van der Waals surface area contributed by atoms with E-state index in [0.29, 0.717) is 54.0 Å². The first-order valence-corrected chi connectivity index (χ1v) is 11.0. The molecule has 0 N–H and O–H groups in total. The second-order valence-electron chi connectivity index (χ2n) is 6.48. The third kappa shape index (κ3) is 4.84. The topological polar surface area (TPSA) is 82.1 Å². The highest BCUT2D eigenvalue weighted by Crippen LogP contribution is 2.36. The Hall–Kier alpha value is -2.39. The van der Waals surface area contributed by atoms with Gasteiger partial charge in [-0.1, -0.05) is 17.7 Å². The Morgan fingerprint density at radius 1 is 1.10 bits per heavy atom. The summed E-state index contributed by atoms with van der Waals surface area (Å²) in [5.74, 6) is 0.603. The van der Waals surface area contributed by atoms with E-state index in [1.807, 2.05) is 0 Å². The van der Waals surface area contributed by atoms with Gasteiger partial charge in [0.05, 0.1) is 37.4 Å². The van der Waals surface area contributed by atoms with E-state index in [-0.39, 0.29) is 10.7 Å². The van der Waals surface area contributed by atoms with Gasteiger partial charge in [0.15, 0.2) is 17.3 Å². The number of hydrogen-bond acceptors (Lipinski definition) is 6. The van der Waals surface area contributed by atoms with Crippen LogP contribution in [-0.4, -0.2) is 59.0 Å². The van der Waals surface area contributed by atoms with Crippen molar-refractivity contribution in [2.75, 3.05) is 40.5 Å². The van der Waals surface area contributed by atoms with E-state index in [1.165, 1.54) is 48.9 Å². The largest absolute Gasteiger partial charge is 0.493 e. The standard InChI is InChI=1S/C21H22ClNO6S/c1-27-20-14-15(13-18(22)21(20)28-2)3-8-19(24)16-4-6-17(7-5-16)30(25,26)23-9-11-29-12-10-23/h3-8,13-14H,9-12H2,1-2H3/b8-3+. The van der Waals surface area contributed by atoms with Crippen LogP contribution in [0.3, 0.4) is 0 Å². The van der Waals surface area contributed by atoms with Gasteiger partial charge in [0, 0.05) is 18.7 Å². The van der Waals surface area contributed by atoms with Crippen LogP contribution in [0.1, 0.15) is 15.9 Å². The summed E-state index contributed by atoms with van der Waals surface area (Å²) < 4.78 is 42.3. The number of morpholine rings is 1. The quantitative estimate of drug-likeness (QED) is 0.474. The van der Waals surface area contributed by atoms with Gasteiger partial charge in [0.25, 0.3) is 0 Å². The first-order valence-electron chi connectivity index (χ1n) is 9.18. The molecule has 0 bridgehead atoms. The molecular formula is C21H22ClNO6S. The maximum atomic E-state index is 12.7. The molecule has 1 fully saturated rings. The lowest BCUT2D eigenvalue weighted by Crippen LogP contribution is -2.40. The Kier molecular flexibility index (Phi) is 7.14. The van der Waals surface area contributed by atoms with Crippen molar-refractivity contribution in [3.8, 4) is 11.5 Å². The molecule has 0 unspecified atom stereocenters. The summed E-state index contributed by atoms with van der Waals surface area (Å²) >= 11 is 6.18. The van der Waals surface area contributed by atoms with Crippen LogP contribution >= 0.6 is 11.6 Å². The Balaban J connectivity index is 1.76. The van der Waals surface area contributed by atoms with Crippen molar-refractivity contribution in [1.82, 2.24) is 4.31 Å². The number of carbonyl (C=O) groups excluding carboxylic acids is 1. The second-order valence-corrected chi connectivity index (χ2v) is 8.82. The van der Waals surface area contributed by atoms with E-state index >= 15 is 0 Å². The number of methoxy groups -OCH3 is 2. The third-order valence-corrected chi connectivity index (χ3v) is 6.82. The molecule has 0 aliphatic carbocycles. The molecule has 1 aliphatic heterocycles. The Labute approximate surface area is 180 Å². The smallest absolute Gasteiger partial charge is 0.243 e. The number of halogens is 1. The number of nitrogens with zero attached hydrogens (tertiary/aromatic N) is 1. The van der Waals surface area contributed by atoms with E-state index < -0.39 is 10.0 Å². The molecule has 1 aliphatic rings. The second kappa shape index (κ2) is 9.61. The van der Waals surface area contributed by atoms with Crippen molar-refractivity contribution in [3.05, 3.63) is 58.6 Å². The molecule has 0 saturated carbocycles. The van der Waals surface area contributed by atoms with Crippen molar-refractivity contribution in [2.45, 2.75) is 4.90 Å². The molecule has 7 nitrogen and oxygen atoms in total. The molecule has 0 aromatic heterocycles. The van der Waals surface area contributed by atoms with Gasteiger partial charge < -0.3 is 14.2 Å². The molecule has 3 rings (SSSR count). The monoisotopic (exact) mass is 451 g/mol. The van der Waals surface area contributed by atoms with Gasteiger partial charge in [0.2, 0.25) is 10.0 Å². The number of hydrogen-bond donors (Lipinski definition) is 0. The van der Waals surface area contributed by atoms with Crippen LogP contribution in [0, 0.1) is 0 Å². The third-order valence-electron chi connectivity index (χ3n) is 4.63. The number of allylic oxidation sites excluding steroid dienone is 1. The fourth-order valence-corrected chi connectivity index (χ4v) is 4.73. The molecule has 1 saturated heterocycles. The maximum Gasteiger partial charge on any atom is 0.243 e. The van der Waals surface area contributed by atoms with Gasteiger partial charge in [-0.3, -0.25) is 4.79 Å². The molecule has 9 heteroatoms. The van der Waals surface area contributed by atoms with Gasteiger partial charge in [-0.25, -0.2) is 8.42 Å². The van der Waals surface area contributed by atoms with E-state index in [4.69, 9.17) is 25.8 Å². The molecule has 0 radical (unpaired) electrons. The predicted molar refractivity (Wildman–Crippen MR) is 114 cm³/mol. The fraction of sp³-hybridized carbons (Fsp3) is 0.286. The summed E-state index contributed by atoms with van der Waals surface area (Å²) in [6, 6.07) is 9.25. The van der Waals surface area contributed by atoms with Crippen LogP contribution in [0.2, 0.25) is 5.02 Å². The minimum Gasteiger partial charge on any atom is -0.493 e. The summed E-state index contributed by atoms with van der Waals surface area (Å²) in [7, 11) is -0.604. The summed E-state index contributed by atoms with van der Waals surface area (Å²) in [5.41, 5.74) is 1.04. The van der Waals surface area contributed by atoms with Gasteiger partial charge in [-0.15, -0.1) is 0 Å². The van der Waals surface area contributed by atoms with Crippen LogP contribution in [0.4, 0.5) is 0 Å². The zero-order chi connectivity index (χ0) is 21.7. The van der Waals surface area contributed by atoms with Crippen LogP contribution in [-0.2, 0) is 14.8 Å². The lowest BCUT2D eigenvalue weighted by molar-refractivity contribution is 0.0730. The molecule has 160 valence electrons. The van der Waals surface area contributed by atoms with Crippen molar-refractivity contribution in [3.63, 3.8) is 0 Å². The van der Waals surface area contributed by atoms with Gasteiger partial charge in [0.1, 0.15) is 0 Å². The molecule has 2 aromatic rings. The minimum absolute atomic E-state index is 0.150. The fourth-order valence-electron chi connectivity index (χ4n) is 3.03. The van der Waals surface area contributed by atoms with Gasteiger partial charge in [-0.05, 0) is 48.0 Å². The molecule has 30 heavy (non-hydrogen) atoms. The van der Waals surface area contributed by atoms with Crippen molar-refractivity contribution >= 4 is 33.5 Å². The molecule has 0 amide bonds. The van der Waals surface area contributed by atoms with E-state index in [2.05, 4.69) is 0 Å². The minimum atomic E-state index is -3.60. The number of sulfonamides is 1. The molecule has 2 aromatic carbocycles. The van der Waals surface area contributed by atoms with Crippen LogP contribution < -0.4 is 9.47 Å². The maximum absolute atomic E-state index is 12.7. The van der Waals surface area contributed by atoms with Gasteiger partial charge in [-0.2, -0.15) is 4.31 Å². The Morgan fingerprint density at radius 3 is 2.37 bits per heavy atom. The summed E-state index contributed by atoms with van der Waals surface area (Å²) in [4.78, 5) is 12.6. The van der Waals surface area contributed by atoms with Crippen molar-refractivity contribution in [1.29, 1.82) is 0 Å². The Bertz CT molecular complexity index is 1040. The number of carbonyl (C=O) groups is 1. The predicted octanol–water partition coefficient (Wildman–Crippen LogP) is 3.27. The molecule has 0 atom stereocenters. The van der Waals surface area contributed by atoms with E-state index in [9.17, 15) is 13.2 Å². The normalized spacial score (nSPS) is 15.3. The number of rotatable bonds is 7.